The molecule has 1 saturated carbocycles. The Morgan fingerprint density at radius 2 is 1.82 bits per heavy atom. The van der Waals surface area contributed by atoms with Crippen molar-refractivity contribution in [2.75, 3.05) is 42.5 Å². The highest BCUT2D eigenvalue weighted by molar-refractivity contribution is 7.80. The summed E-state index contributed by atoms with van der Waals surface area (Å²) in [5.74, 6) is 1.34. The van der Waals surface area contributed by atoms with Gasteiger partial charge in [-0.1, -0.05) is 42.6 Å². The van der Waals surface area contributed by atoms with E-state index in [1.807, 2.05) is 17.2 Å². The van der Waals surface area contributed by atoms with Crippen LogP contribution in [0.3, 0.4) is 0 Å². The van der Waals surface area contributed by atoms with Gasteiger partial charge in [0.25, 0.3) is 0 Å². The maximum absolute atomic E-state index is 11.9. The van der Waals surface area contributed by atoms with E-state index in [0.717, 1.165) is 36.9 Å². The number of hydrogen-bond donors (Lipinski definition) is 2. The van der Waals surface area contributed by atoms with Gasteiger partial charge >= 0.3 is 0 Å². The lowest BCUT2D eigenvalue weighted by atomic mass is 10.1. The fourth-order valence-electron chi connectivity index (χ4n) is 5.44. The standard InChI is InChI=1S/C27H31Cl2N5O4S/c1-4-23(35)32-18-14-38-13-17(18)31-22-9-19-15(11-30-22)12-33(27(39)34(19)16-7-5-6-8-16)26-24(28)20(36-2)10-21(37-3)25(26)29/h4,9-11,16-18H,1,5-8,12-14H2,2-3H3,(H,30,31)(H,32,35)/t17-,18+/m1/s1. The average molecular weight is 593 g/mol. The number of pyridine rings is 1. The van der Waals surface area contributed by atoms with Gasteiger partial charge < -0.3 is 34.6 Å². The zero-order chi connectivity index (χ0) is 27.7. The maximum Gasteiger partial charge on any atom is 0.243 e. The number of benzene rings is 1. The first-order chi connectivity index (χ1) is 18.9. The van der Waals surface area contributed by atoms with Crippen molar-refractivity contribution in [3.8, 4) is 11.5 Å². The van der Waals surface area contributed by atoms with Gasteiger partial charge in [0.05, 0.1) is 57.4 Å². The molecule has 208 valence electrons. The van der Waals surface area contributed by atoms with Gasteiger partial charge in [-0.05, 0) is 31.1 Å². The van der Waals surface area contributed by atoms with E-state index in [9.17, 15) is 4.79 Å². The van der Waals surface area contributed by atoms with Crippen molar-refractivity contribution in [2.24, 2.45) is 0 Å². The number of halogens is 2. The van der Waals surface area contributed by atoms with E-state index in [0.29, 0.717) is 57.9 Å². The largest absolute Gasteiger partial charge is 0.495 e. The number of ether oxygens (including phenoxy) is 3. The van der Waals surface area contributed by atoms with Crippen LogP contribution in [0, 0.1) is 0 Å². The molecule has 2 N–H and O–H groups in total. The Balaban J connectivity index is 1.51. The number of nitrogens with one attached hydrogen (secondary N) is 2. The summed E-state index contributed by atoms with van der Waals surface area (Å²) in [6.45, 7) is 4.82. The average Bonchev–Trinajstić information content (AvgIpc) is 3.62. The van der Waals surface area contributed by atoms with Gasteiger partial charge in [-0.2, -0.15) is 0 Å². The number of amides is 1. The first kappa shape index (κ1) is 27.8. The summed E-state index contributed by atoms with van der Waals surface area (Å²) < 4.78 is 16.6. The number of thiocarbonyl (C=S) groups is 1. The van der Waals surface area contributed by atoms with E-state index in [2.05, 4.69) is 22.1 Å². The van der Waals surface area contributed by atoms with E-state index >= 15 is 0 Å². The Labute approximate surface area is 243 Å². The predicted molar refractivity (Wildman–Crippen MR) is 158 cm³/mol. The highest BCUT2D eigenvalue weighted by Crippen LogP contribution is 2.49. The van der Waals surface area contributed by atoms with E-state index in [4.69, 9.17) is 54.6 Å². The molecule has 1 aliphatic carbocycles. The van der Waals surface area contributed by atoms with Gasteiger partial charge in [-0.15, -0.1) is 0 Å². The van der Waals surface area contributed by atoms with Crippen LogP contribution in [-0.2, 0) is 16.1 Å². The first-order valence-electron chi connectivity index (χ1n) is 12.8. The SMILES string of the molecule is C=CC(=O)N[C@H]1COC[C@H]1Nc1cc2c(cn1)CN(c1c(Cl)c(OC)cc(OC)c1Cl)C(=S)N2C1CCCC1. The second kappa shape index (κ2) is 11.8. The number of methoxy groups -OCH3 is 2. The second-order valence-corrected chi connectivity index (χ2v) is 10.9. The summed E-state index contributed by atoms with van der Waals surface area (Å²) in [5.41, 5.74) is 2.52. The van der Waals surface area contributed by atoms with Gasteiger partial charge in [-0.25, -0.2) is 4.98 Å². The summed E-state index contributed by atoms with van der Waals surface area (Å²) in [6, 6.07) is 3.60. The molecule has 12 heteroatoms. The molecule has 0 bridgehead atoms. The fourth-order valence-corrected chi connectivity index (χ4v) is 6.55. The summed E-state index contributed by atoms with van der Waals surface area (Å²) in [4.78, 5) is 20.7. The molecule has 1 aromatic carbocycles. The molecule has 0 unspecified atom stereocenters. The lowest BCUT2D eigenvalue weighted by Gasteiger charge is -2.43. The number of hydrogen-bond acceptors (Lipinski definition) is 7. The third-order valence-electron chi connectivity index (χ3n) is 7.42. The van der Waals surface area contributed by atoms with Crippen molar-refractivity contribution in [2.45, 2.75) is 50.4 Å². The monoisotopic (exact) mass is 591 g/mol. The molecule has 2 atom stereocenters. The molecule has 1 aromatic heterocycles. The van der Waals surface area contributed by atoms with E-state index in [-0.39, 0.29) is 24.0 Å². The molecule has 5 rings (SSSR count). The fraction of sp³-hybridized carbons (Fsp3) is 0.444. The first-order valence-corrected chi connectivity index (χ1v) is 14.0. The molecule has 3 heterocycles. The number of carbonyl (C=O) groups is 1. The van der Waals surface area contributed by atoms with Crippen LogP contribution in [0.15, 0.2) is 31.0 Å². The molecule has 2 fully saturated rings. The van der Waals surface area contributed by atoms with Crippen molar-refractivity contribution < 1.29 is 19.0 Å². The van der Waals surface area contributed by atoms with Crippen LogP contribution in [0.4, 0.5) is 17.2 Å². The number of nitrogens with zero attached hydrogens (tertiary/aromatic N) is 3. The molecule has 0 spiro atoms. The second-order valence-electron chi connectivity index (χ2n) is 9.74. The Bertz CT molecular complexity index is 1260. The van der Waals surface area contributed by atoms with Crippen LogP contribution >= 0.6 is 35.4 Å². The minimum absolute atomic E-state index is 0.131. The molecule has 2 aliphatic heterocycles. The smallest absolute Gasteiger partial charge is 0.243 e. The third kappa shape index (κ3) is 5.35. The molecule has 2 aromatic rings. The molecule has 39 heavy (non-hydrogen) atoms. The topological polar surface area (TPSA) is 88.2 Å². The van der Waals surface area contributed by atoms with Crippen molar-refractivity contribution in [3.05, 3.63) is 46.6 Å². The van der Waals surface area contributed by atoms with Crippen LogP contribution in [0.25, 0.3) is 0 Å². The highest BCUT2D eigenvalue weighted by Gasteiger charge is 2.38. The molecule has 1 saturated heterocycles. The van der Waals surface area contributed by atoms with Gasteiger partial charge in [0.2, 0.25) is 5.91 Å². The Morgan fingerprint density at radius 1 is 1.15 bits per heavy atom. The normalized spacial score (nSPS) is 21.1. The minimum Gasteiger partial charge on any atom is -0.495 e. The number of aromatic nitrogens is 1. The number of fused-ring (bicyclic) bond motifs is 1. The molecular weight excluding hydrogens is 561 g/mol. The van der Waals surface area contributed by atoms with Crippen molar-refractivity contribution in [1.82, 2.24) is 10.3 Å². The van der Waals surface area contributed by atoms with Gasteiger partial charge in [0.15, 0.2) is 5.11 Å². The van der Waals surface area contributed by atoms with E-state index in [1.165, 1.54) is 6.08 Å². The van der Waals surface area contributed by atoms with Gasteiger partial charge in [-0.3, -0.25) is 4.79 Å². The number of rotatable bonds is 8. The lowest BCUT2D eigenvalue weighted by Crippen LogP contribution is -2.51. The molecule has 3 aliphatic rings. The molecule has 9 nitrogen and oxygen atoms in total. The Morgan fingerprint density at radius 3 is 2.46 bits per heavy atom. The summed E-state index contributed by atoms with van der Waals surface area (Å²) in [6.07, 6.45) is 7.42. The van der Waals surface area contributed by atoms with Crippen LogP contribution < -0.4 is 29.9 Å². The van der Waals surface area contributed by atoms with Crippen molar-refractivity contribution in [3.63, 3.8) is 0 Å². The van der Waals surface area contributed by atoms with Crippen LogP contribution in [0.5, 0.6) is 11.5 Å². The van der Waals surface area contributed by atoms with Crippen molar-refractivity contribution in [1.29, 1.82) is 0 Å². The quantitative estimate of drug-likeness (QED) is 0.327. The zero-order valence-electron chi connectivity index (χ0n) is 21.8. The zero-order valence-corrected chi connectivity index (χ0v) is 24.2. The minimum atomic E-state index is -0.236. The Hall–Kier alpha value is -2.79. The third-order valence-corrected chi connectivity index (χ3v) is 8.57. The number of carbonyl (C=O) groups excluding carboxylic acids is 1. The predicted octanol–water partition coefficient (Wildman–Crippen LogP) is 4.94. The summed E-state index contributed by atoms with van der Waals surface area (Å²) >= 11 is 19.7. The summed E-state index contributed by atoms with van der Waals surface area (Å²) in [7, 11) is 3.10. The lowest BCUT2D eigenvalue weighted by molar-refractivity contribution is -0.117. The van der Waals surface area contributed by atoms with Gasteiger partial charge in [0.1, 0.15) is 27.4 Å². The number of anilines is 3. The molecular formula is C27H31Cl2N5O4S. The maximum atomic E-state index is 11.9. The molecule has 0 radical (unpaired) electrons. The molecule has 1 amide bonds. The van der Waals surface area contributed by atoms with Crippen molar-refractivity contribution >= 4 is 63.6 Å². The van der Waals surface area contributed by atoms with E-state index in [1.54, 1.807) is 20.3 Å². The van der Waals surface area contributed by atoms with Crippen LogP contribution in [-0.4, -0.2) is 61.6 Å². The Kier molecular flexibility index (Phi) is 8.37. The van der Waals surface area contributed by atoms with E-state index < -0.39 is 0 Å². The van der Waals surface area contributed by atoms with Crippen LogP contribution in [0.1, 0.15) is 31.2 Å². The highest BCUT2D eigenvalue weighted by atomic mass is 35.5. The van der Waals surface area contributed by atoms with Gasteiger partial charge in [0, 0.05) is 29.9 Å². The van der Waals surface area contributed by atoms with Crippen LogP contribution in [0.2, 0.25) is 10.0 Å². The summed E-state index contributed by atoms with van der Waals surface area (Å²) in [5, 5.41) is 7.69.